The Hall–Kier alpha value is -3.05. The second-order valence-corrected chi connectivity index (χ2v) is 10.3. The molecule has 1 aliphatic heterocycles. The molecule has 35 heavy (non-hydrogen) atoms. The maximum atomic E-state index is 12.5. The molecule has 3 rings (SSSR count). The second-order valence-electron chi connectivity index (χ2n) is 7.88. The van der Waals surface area contributed by atoms with E-state index in [4.69, 9.17) is 11.6 Å². The third-order valence-electron chi connectivity index (χ3n) is 5.32. The summed E-state index contributed by atoms with van der Waals surface area (Å²) < 4.78 is 24.9. The summed E-state index contributed by atoms with van der Waals surface area (Å²) in [5.74, 6) is 0.0354. The Bertz CT molecular complexity index is 1240. The molecule has 9 nitrogen and oxygen atoms in total. The molecular weight excluding hydrogens is 492 g/mol. The van der Waals surface area contributed by atoms with Gasteiger partial charge in [0, 0.05) is 23.7 Å². The number of benzene rings is 2. The summed E-state index contributed by atoms with van der Waals surface area (Å²) in [7, 11) is -3.54. The fourth-order valence-electron chi connectivity index (χ4n) is 3.51. The molecule has 2 aromatic rings. The molecule has 0 fully saturated rings. The Morgan fingerprint density at radius 2 is 1.91 bits per heavy atom. The van der Waals surface area contributed by atoms with Gasteiger partial charge in [-0.15, -0.1) is 0 Å². The highest BCUT2D eigenvalue weighted by Crippen LogP contribution is 2.23. The second kappa shape index (κ2) is 12.1. The van der Waals surface area contributed by atoms with Gasteiger partial charge >= 0.3 is 6.09 Å². The van der Waals surface area contributed by atoms with Crippen molar-refractivity contribution in [3.8, 4) is 0 Å². The van der Waals surface area contributed by atoms with Crippen molar-refractivity contribution >= 4 is 39.2 Å². The van der Waals surface area contributed by atoms with E-state index in [1.54, 1.807) is 25.1 Å². The zero-order chi connectivity index (χ0) is 25.4. The van der Waals surface area contributed by atoms with Crippen LogP contribution in [0.3, 0.4) is 0 Å². The zero-order valence-electron chi connectivity index (χ0n) is 19.2. The number of ketones is 1. The molecular formula is C24H27ClN4O5S. The summed E-state index contributed by atoms with van der Waals surface area (Å²) in [4.78, 5) is 29.0. The van der Waals surface area contributed by atoms with E-state index in [1.165, 1.54) is 17.0 Å². The van der Waals surface area contributed by atoms with E-state index >= 15 is 0 Å². The molecule has 0 aliphatic carbocycles. The first-order chi connectivity index (χ1) is 16.7. The average molecular weight is 519 g/mol. The first-order valence-corrected chi connectivity index (χ1v) is 12.9. The molecule has 0 saturated carbocycles. The molecule has 1 heterocycles. The fraction of sp³-hybridized carbons (Fsp3) is 0.292. The predicted molar refractivity (Wildman–Crippen MR) is 135 cm³/mol. The van der Waals surface area contributed by atoms with Crippen molar-refractivity contribution in [1.82, 2.24) is 15.5 Å². The van der Waals surface area contributed by atoms with Crippen LogP contribution in [0.1, 0.15) is 16.7 Å². The molecule has 0 radical (unpaired) electrons. The topological polar surface area (TPSA) is 128 Å². The molecule has 0 saturated heterocycles. The van der Waals surface area contributed by atoms with Crippen LogP contribution in [0.15, 0.2) is 64.5 Å². The van der Waals surface area contributed by atoms with Crippen molar-refractivity contribution in [2.45, 2.75) is 18.4 Å². The highest BCUT2D eigenvalue weighted by atomic mass is 35.5. The first kappa shape index (κ1) is 26.6. The van der Waals surface area contributed by atoms with E-state index in [1.807, 2.05) is 24.3 Å². The number of carbonyl (C=O) groups is 2. The number of amides is 1. The SMILES string of the molecule is Cc1c(Cl)cccc1S(=O)(=O)CNCC=CC(=O)CNCc1ccc(C2=NCCN2C(=O)O)cc1. The van der Waals surface area contributed by atoms with Crippen molar-refractivity contribution < 1.29 is 23.1 Å². The van der Waals surface area contributed by atoms with E-state index < -0.39 is 15.9 Å². The van der Waals surface area contributed by atoms with E-state index in [9.17, 15) is 23.1 Å². The van der Waals surface area contributed by atoms with Crippen molar-refractivity contribution in [1.29, 1.82) is 0 Å². The highest BCUT2D eigenvalue weighted by Gasteiger charge is 2.24. The Balaban J connectivity index is 1.38. The van der Waals surface area contributed by atoms with Gasteiger partial charge in [0.25, 0.3) is 0 Å². The van der Waals surface area contributed by atoms with Crippen LogP contribution in [0.25, 0.3) is 0 Å². The number of nitrogens with zero attached hydrogens (tertiary/aromatic N) is 2. The molecule has 0 aromatic heterocycles. The van der Waals surface area contributed by atoms with Crippen LogP contribution in [0.4, 0.5) is 4.79 Å². The maximum Gasteiger partial charge on any atom is 0.413 e. The number of sulfone groups is 1. The van der Waals surface area contributed by atoms with Crippen molar-refractivity contribution in [3.05, 3.63) is 76.3 Å². The highest BCUT2D eigenvalue weighted by molar-refractivity contribution is 7.91. The van der Waals surface area contributed by atoms with E-state index in [-0.39, 0.29) is 29.6 Å². The van der Waals surface area contributed by atoms with Gasteiger partial charge in [0.1, 0.15) is 11.7 Å². The number of amidine groups is 1. The van der Waals surface area contributed by atoms with E-state index in [2.05, 4.69) is 15.6 Å². The minimum Gasteiger partial charge on any atom is -0.465 e. The minimum absolute atomic E-state index is 0.123. The van der Waals surface area contributed by atoms with Crippen LogP contribution in [0.2, 0.25) is 5.02 Å². The summed E-state index contributed by atoms with van der Waals surface area (Å²) in [6.45, 7) is 3.28. The van der Waals surface area contributed by atoms with Crippen molar-refractivity contribution in [2.24, 2.45) is 4.99 Å². The monoisotopic (exact) mass is 518 g/mol. The molecule has 2 aromatic carbocycles. The molecule has 0 bridgehead atoms. The number of halogens is 1. The number of nitrogens with one attached hydrogen (secondary N) is 2. The Morgan fingerprint density at radius 3 is 2.63 bits per heavy atom. The Morgan fingerprint density at radius 1 is 1.17 bits per heavy atom. The van der Waals surface area contributed by atoms with Crippen molar-refractivity contribution in [3.63, 3.8) is 0 Å². The van der Waals surface area contributed by atoms with Gasteiger partial charge in [-0.25, -0.2) is 13.2 Å². The summed E-state index contributed by atoms with van der Waals surface area (Å²) in [5, 5.41) is 15.5. The summed E-state index contributed by atoms with van der Waals surface area (Å²) in [6, 6.07) is 12.1. The lowest BCUT2D eigenvalue weighted by Crippen LogP contribution is -2.33. The lowest BCUT2D eigenvalue weighted by molar-refractivity contribution is -0.113. The van der Waals surface area contributed by atoms with Gasteiger partial charge in [0.15, 0.2) is 15.6 Å². The number of hydrogen-bond acceptors (Lipinski definition) is 7. The molecule has 1 amide bonds. The number of carbonyl (C=O) groups excluding carboxylic acids is 1. The van der Waals surface area contributed by atoms with Gasteiger partial charge in [-0.05, 0) is 36.3 Å². The molecule has 186 valence electrons. The predicted octanol–water partition coefficient (Wildman–Crippen LogP) is 2.62. The van der Waals surface area contributed by atoms with Crippen LogP contribution in [0, 0.1) is 6.92 Å². The van der Waals surface area contributed by atoms with Crippen LogP contribution in [-0.4, -0.2) is 68.2 Å². The molecule has 0 spiro atoms. The van der Waals surface area contributed by atoms with E-state index in [0.29, 0.717) is 36.1 Å². The number of carboxylic acid groups (broad SMARTS) is 1. The fourth-order valence-corrected chi connectivity index (χ4v) is 5.15. The maximum absolute atomic E-state index is 12.5. The number of aliphatic imine (C=N–C) groups is 1. The third-order valence-corrected chi connectivity index (χ3v) is 7.43. The van der Waals surface area contributed by atoms with Gasteiger partial charge in [-0.2, -0.15) is 0 Å². The molecule has 0 atom stereocenters. The van der Waals surface area contributed by atoms with Gasteiger partial charge in [-0.3, -0.25) is 20.0 Å². The Labute approximate surface area is 209 Å². The zero-order valence-corrected chi connectivity index (χ0v) is 20.8. The van der Waals surface area contributed by atoms with Crippen LogP contribution >= 0.6 is 11.6 Å². The smallest absolute Gasteiger partial charge is 0.413 e. The minimum atomic E-state index is -3.54. The quantitative estimate of drug-likeness (QED) is 0.308. The van der Waals surface area contributed by atoms with Gasteiger partial charge < -0.3 is 10.4 Å². The number of hydrogen-bond donors (Lipinski definition) is 3. The van der Waals surface area contributed by atoms with Crippen LogP contribution in [-0.2, 0) is 21.2 Å². The summed E-state index contributed by atoms with van der Waals surface area (Å²) in [6.07, 6.45) is 1.96. The van der Waals surface area contributed by atoms with Gasteiger partial charge in [-0.1, -0.05) is 48.0 Å². The Kier molecular flexibility index (Phi) is 9.16. The molecule has 1 aliphatic rings. The third kappa shape index (κ3) is 7.22. The van der Waals surface area contributed by atoms with Gasteiger partial charge in [0.2, 0.25) is 0 Å². The van der Waals surface area contributed by atoms with Crippen LogP contribution in [0.5, 0.6) is 0 Å². The van der Waals surface area contributed by atoms with E-state index in [0.717, 1.165) is 11.1 Å². The van der Waals surface area contributed by atoms with Crippen LogP contribution < -0.4 is 10.6 Å². The standard InChI is InChI=1S/C24H27ClN4O5S/c1-17-21(25)5-2-6-22(17)35(33,34)16-26-11-3-4-20(30)15-27-14-18-7-9-19(10-8-18)23-28-12-13-29(23)24(31)32/h2-10,26-27H,11-16H2,1H3,(H,31,32). The first-order valence-electron chi connectivity index (χ1n) is 10.9. The largest absolute Gasteiger partial charge is 0.465 e. The molecule has 3 N–H and O–H groups in total. The normalized spacial score (nSPS) is 13.9. The summed E-state index contributed by atoms with van der Waals surface area (Å²) in [5.41, 5.74) is 2.18. The lowest BCUT2D eigenvalue weighted by Gasteiger charge is -2.14. The average Bonchev–Trinajstić information content (AvgIpc) is 3.31. The molecule has 11 heteroatoms. The number of rotatable bonds is 11. The van der Waals surface area contributed by atoms with Gasteiger partial charge in [0.05, 0.1) is 24.5 Å². The molecule has 0 unspecified atom stereocenters. The summed E-state index contributed by atoms with van der Waals surface area (Å²) >= 11 is 6.00. The lowest BCUT2D eigenvalue weighted by atomic mass is 10.1. The van der Waals surface area contributed by atoms with Crippen molar-refractivity contribution in [2.75, 3.05) is 32.1 Å².